The van der Waals surface area contributed by atoms with Gasteiger partial charge in [0, 0.05) is 42.8 Å². The average molecular weight is 417 g/mol. The molecule has 0 heterocycles. The van der Waals surface area contributed by atoms with Gasteiger partial charge in [-0.15, -0.1) is 0 Å². The Morgan fingerprint density at radius 2 is 1.55 bits per heavy atom. The maximum Gasteiger partial charge on any atom is 0.319 e. The molecular formula is C25H28N4O2. The Balaban J connectivity index is 1.49. The second-order valence-corrected chi connectivity index (χ2v) is 7.34. The minimum Gasteiger partial charge on any atom is -0.375 e. The molecule has 0 saturated carbocycles. The van der Waals surface area contributed by atoms with E-state index in [2.05, 4.69) is 33.0 Å². The third-order valence-electron chi connectivity index (χ3n) is 4.93. The molecule has 0 aliphatic rings. The third-order valence-corrected chi connectivity index (χ3v) is 4.93. The van der Waals surface area contributed by atoms with Gasteiger partial charge in [0.05, 0.1) is 0 Å². The van der Waals surface area contributed by atoms with Crippen molar-refractivity contribution in [1.82, 2.24) is 5.32 Å². The summed E-state index contributed by atoms with van der Waals surface area (Å²) < 4.78 is 0. The number of urea groups is 1. The van der Waals surface area contributed by atoms with Gasteiger partial charge in [0.25, 0.3) is 5.91 Å². The molecule has 3 aromatic rings. The molecule has 0 bridgehead atoms. The fourth-order valence-corrected chi connectivity index (χ4v) is 3.12. The number of anilines is 3. The van der Waals surface area contributed by atoms with E-state index >= 15 is 0 Å². The van der Waals surface area contributed by atoms with E-state index < -0.39 is 0 Å². The molecule has 0 radical (unpaired) electrons. The Hall–Kier alpha value is -3.80. The molecule has 0 aliphatic carbocycles. The Bertz CT molecular complexity index is 1010. The van der Waals surface area contributed by atoms with Gasteiger partial charge in [-0.1, -0.05) is 42.5 Å². The molecule has 3 rings (SSSR count). The minimum atomic E-state index is -0.286. The van der Waals surface area contributed by atoms with Crippen molar-refractivity contribution in [3.63, 3.8) is 0 Å². The summed E-state index contributed by atoms with van der Waals surface area (Å²) in [6, 6.07) is 24.4. The first-order valence-electron chi connectivity index (χ1n) is 10.3. The first kappa shape index (κ1) is 21.9. The number of carbonyl (C=O) groups is 2. The van der Waals surface area contributed by atoms with Crippen LogP contribution in [0.1, 0.15) is 22.3 Å². The lowest BCUT2D eigenvalue weighted by Crippen LogP contribution is -2.32. The highest BCUT2D eigenvalue weighted by Crippen LogP contribution is 2.18. The van der Waals surface area contributed by atoms with Crippen LogP contribution in [0.15, 0.2) is 78.9 Å². The molecule has 0 atom stereocenters. The second-order valence-electron chi connectivity index (χ2n) is 7.34. The number of aryl methyl sites for hydroxylation is 1. The highest BCUT2D eigenvalue weighted by Gasteiger charge is 2.10. The highest BCUT2D eigenvalue weighted by molar-refractivity contribution is 6.05. The van der Waals surface area contributed by atoms with Crippen molar-refractivity contribution in [2.45, 2.75) is 13.3 Å². The van der Waals surface area contributed by atoms with Gasteiger partial charge < -0.3 is 20.9 Å². The normalized spacial score (nSPS) is 10.3. The number of rotatable bonds is 8. The maximum atomic E-state index is 12.5. The van der Waals surface area contributed by atoms with E-state index in [1.807, 2.05) is 68.6 Å². The summed E-state index contributed by atoms with van der Waals surface area (Å²) in [6.07, 6.45) is 0.817. The minimum absolute atomic E-state index is 0.224. The molecular weight excluding hydrogens is 388 g/mol. The van der Waals surface area contributed by atoms with Crippen LogP contribution in [0, 0.1) is 6.92 Å². The fourth-order valence-electron chi connectivity index (χ4n) is 3.12. The first-order valence-corrected chi connectivity index (χ1v) is 10.3. The van der Waals surface area contributed by atoms with E-state index in [1.54, 1.807) is 12.1 Å². The molecule has 0 unspecified atom stereocenters. The number of para-hydroxylation sites is 2. The summed E-state index contributed by atoms with van der Waals surface area (Å²) in [5.41, 5.74) is 3.85. The van der Waals surface area contributed by atoms with E-state index in [1.165, 1.54) is 0 Å². The van der Waals surface area contributed by atoms with E-state index in [0.29, 0.717) is 17.8 Å². The molecule has 3 amide bonds. The lowest BCUT2D eigenvalue weighted by Gasteiger charge is -2.19. The van der Waals surface area contributed by atoms with Gasteiger partial charge in [0.15, 0.2) is 0 Å². The summed E-state index contributed by atoms with van der Waals surface area (Å²) >= 11 is 0. The lowest BCUT2D eigenvalue weighted by atomic mass is 10.1. The Morgan fingerprint density at radius 1 is 0.871 bits per heavy atom. The van der Waals surface area contributed by atoms with Crippen LogP contribution in [0.4, 0.5) is 21.9 Å². The molecule has 0 saturated heterocycles. The number of nitrogens with one attached hydrogen (secondary N) is 3. The summed E-state index contributed by atoms with van der Waals surface area (Å²) in [5.74, 6) is -0.224. The van der Waals surface area contributed by atoms with Crippen molar-refractivity contribution >= 4 is 29.0 Å². The quantitative estimate of drug-likeness (QED) is 0.458. The molecule has 0 aromatic heterocycles. The van der Waals surface area contributed by atoms with Gasteiger partial charge in [-0.3, -0.25) is 4.79 Å². The van der Waals surface area contributed by atoms with Gasteiger partial charge in [0.1, 0.15) is 0 Å². The summed E-state index contributed by atoms with van der Waals surface area (Å²) in [6.45, 7) is 3.28. The van der Waals surface area contributed by atoms with Gasteiger partial charge >= 0.3 is 6.03 Å². The van der Waals surface area contributed by atoms with E-state index in [-0.39, 0.29) is 11.9 Å². The Labute approximate surface area is 183 Å². The zero-order valence-electron chi connectivity index (χ0n) is 17.9. The Morgan fingerprint density at radius 3 is 2.26 bits per heavy atom. The number of hydrogen-bond acceptors (Lipinski definition) is 3. The number of carbonyl (C=O) groups excluding carboxylic acids is 2. The van der Waals surface area contributed by atoms with Crippen molar-refractivity contribution in [3.05, 3.63) is 90.0 Å². The molecule has 0 spiro atoms. The molecule has 6 heteroatoms. The molecule has 31 heavy (non-hydrogen) atoms. The predicted molar refractivity (Wildman–Crippen MR) is 127 cm³/mol. The predicted octanol–water partition coefficient (Wildman–Crippen LogP) is 4.90. The zero-order valence-corrected chi connectivity index (χ0v) is 17.9. The molecule has 0 fully saturated rings. The van der Waals surface area contributed by atoms with Crippen LogP contribution >= 0.6 is 0 Å². The van der Waals surface area contributed by atoms with Crippen LogP contribution in [0.25, 0.3) is 0 Å². The molecule has 0 aliphatic heterocycles. The monoisotopic (exact) mass is 416 g/mol. The molecule has 6 nitrogen and oxygen atoms in total. The zero-order chi connectivity index (χ0) is 22.1. The van der Waals surface area contributed by atoms with Crippen molar-refractivity contribution in [2.75, 3.05) is 35.7 Å². The van der Waals surface area contributed by atoms with Crippen molar-refractivity contribution in [3.8, 4) is 0 Å². The van der Waals surface area contributed by atoms with Crippen molar-refractivity contribution < 1.29 is 9.59 Å². The first-order chi connectivity index (χ1) is 15.0. The largest absolute Gasteiger partial charge is 0.375 e. The van der Waals surface area contributed by atoms with Gasteiger partial charge in [-0.2, -0.15) is 0 Å². The van der Waals surface area contributed by atoms with E-state index in [4.69, 9.17) is 0 Å². The summed E-state index contributed by atoms with van der Waals surface area (Å²) in [5, 5.41) is 8.57. The number of amides is 3. The van der Waals surface area contributed by atoms with Crippen LogP contribution in [0.2, 0.25) is 0 Å². The van der Waals surface area contributed by atoms with Gasteiger partial charge in [0.2, 0.25) is 0 Å². The van der Waals surface area contributed by atoms with Crippen LogP contribution in [-0.2, 0) is 0 Å². The fraction of sp³-hybridized carbons (Fsp3) is 0.200. The Kier molecular flexibility index (Phi) is 7.65. The highest BCUT2D eigenvalue weighted by atomic mass is 16.2. The average Bonchev–Trinajstić information content (AvgIpc) is 2.79. The molecule has 3 aromatic carbocycles. The summed E-state index contributed by atoms with van der Waals surface area (Å²) in [7, 11) is 2.03. The van der Waals surface area contributed by atoms with Crippen molar-refractivity contribution in [1.29, 1.82) is 0 Å². The standard InChI is InChI=1S/C25H28N4O2/c1-19-14-15-20(24(30)27-21-10-5-3-6-11-21)18-23(19)28-25(31)26-16-9-17-29(2)22-12-7-4-8-13-22/h3-8,10-15,18H,9,16-17H2,1-2H3,(H,27,30)(H2,26,28,31). The van der Waals surface area contributed by atoms with Gasteiger partial charge in [-0.05, 0) is 55.3 Å². The molecule has 3 N–H and O–H groups in total. The van der Waals surface area contributed by atoms with Crippen LogP contribution in [0.3, 0.4) is 0 Å². The SMILES string of the molecule is Cc1ccc(C(=O)Nc2ccccc2)cc1NC(=O)NCCCN(C)c1ccccc1. The van der Waals surface area contributed by atoms with Crippen LogP contribution < -0.4 is 20.9 Å². The topological polar surface area (TPSA) is 73.5 Å². The third kappa shape index (κ3) is 6.60. The smallest absolute Gasteiger partial charge is 0.319 e. The van der Waals surface area contributed by atoms with E-state index in [0.717, 1.165) is 29.9 Å². The van der Waals surface area contributed by atoms with E-state index in [9.17, 15) is 9.59 Å². The lowest BCUT2D eigenvalue weighted by molar-refractivity contribution is 0.102. The number of benzene rings is 3. The number of nitrogens with zero attached hydrogens (tertiary/aromatic N) is 1. The molecule has 160 valence electrons. The van der Waals surface area contributed by atoms with Gasteiger partial charge in [-0.25, -0.2) is 4.79 Å². The second kappa shape index (κ2) is 10.8. The van der Waals surface area contributed by atoms with Crippen LogP contribution in [0.5, 0.6) is 0 Å². The summed E-state index contributed by atoms with van der Waals surface area (Å²) in [4.78, 5) is 27.0. The van der Waals surface area contributed by atoms with Crippen molar-refractivity contribution in [2.24, 2.45) is 0 Å². The maximum absolute atomic E-state index is 12.5. The van der Waals surface area contributed by atoms with Crippen LogP contribution in [-0.4, -0.2) is 32.1 Å². The number of hydrogen-bond donors (Lipinski definition) is 3.